The standard InChI is InChI=1S/C16H19N3O2S/c17-12-6-4-11(5-7-12)14-15(16(20)21)22-13(18-14)10-19-8-2-1-3-9-19/h4-7H,1-3,8-10,17H2,(H,20,21). The van der Waals surface area contributed by atoms with Crippen molar-refractivity contribution in [3.63, 3.8) is 0 Å². The van der Waals surface area contributed by atoms with Crippen LogP contribution in [0.2, 0.25) is 0 Å². The lowest BCUT2D eigenvalue weighted by Gasteiger charge is -2.25. The van der Waals surface area contributed by atoms with Crippen LogP contribution in [0.1, 0.15) is 33.9 Å². The number of hydrogen-bond donors (Lipinski definition) is 2. The number of aromatic carboxylic acids is 1. The van der Waals surface area contributed by atoms with Gasteiger partial charge in [-0.1, -0.05) is 18.6 Å². The van der Waals surface area contributed by atoms with Gasteiger partial charge in [0, 0.05) is 11.3 Å². The second-order valence-corrected chi connectivity index (χ2v) is 6.63. The van der Waals surface area contributed by atoms with Crippen molar-refractivity contribution < 1.29 is 9.90 Å². The number of anilines is 1. The number of carbonyl (C=O) groups is 1. The molecule has 1 aromatic carbocycles. The van der Waals surface area contributed by atoms with Crippen LogP contribution in [-0.2, 0) is 6.54 Å². The van der Waals surface area contributed by atoms with Crippen LogP contribution in [0.3, 0.4) is 0 Å². The average Bonchev–Trinajstić information content (AvgIpc) is 2.93. The van der Waals surface area contributed by atoms with Crippen molar-refractivity contribution in [2.45, 2.75) is 25.8 Å². The first-order chi connectivity index (χ1) is 10.6. The van der Waals surface area contributed by atoms with E-state index in [-0.39, 0.29) is 0 Å². The largest absolute Gasteiger partial charge is 0.477 e. The molecule has 1 aliphatic heterocycles. The summed E-state index contributed by atoms with van der Waals surface area (Å²) < 4.78 is 0. The Morgan fingerprint density at radius 3 is 2.55 bits per heavy atom. The van der Waals surface area contributed by atoms with Crippen LogP contribution in [0.4, 0.5) is 5.69 Å². The highest BCUT2D eigenvalue weighted by atomic mass is 32.1. The van der Waals surface area contributed by atoms with E-state index in [1.165, 1.54) is 30.6 Å². The van der Waals surface area contributed by atoms with Gasteiger partial charge in [-0.05, 0) is 38.1 Å². The molecule has 3 N–H and O–H groups in total. The van der Waals surface area contributed by atoms with Crippen molar-refractivity contribution in [1.82, 2.24) is 9.88 Å². The molecule has 1 fully saturated rings. The number of carboxylic acids is 1. The van der Waals surface area contributed by atoms with E-state index >= 15 is 0 Å². The predicted molar refractivity (Wildman–Crippen MR) is 88.0 cm³/mol. The molecule has 22 heavy (non-hydrogen) atoms. The smallest absolute Gasteiger partial charge is 0.348 e. The SMILES string of the molecule is Nc1ccc(-c2nc(CN3CCCCC3)sc2C(=O)O)cc1. The number of piperidine rings is 1. The third-order valence-corrected chi connectivity index (χ3v) is 4.89. The van der Waals surface area contributed by atoms with Crippen molar-refractivity contribution in [1.29, 1.82) is 0 Å². The number of nitrogens with two attached hydrogens (primary N) is 1. The molecule has 1 aromatic heterocycles. The number of carboxylic acid groups (broad SMARTS) is 1. The topological polar surface area (TPSA) is 79.5 Å². The average molecular weight is 317 g/mol. The first-order valence-corrected chi connectivity index (χ1v) is 8.26. The van der Waals surface area contributed by atoms with Crippen molar-refractivity contribution in [2.24, 2.45) is 0 Å². The maximum absolute atomic E-state index is 11.5. The second kappa shape index (κ2) is 6.46. The normalized spacial score (nSPS) is 15.8. The fourth-order valence-corrected chi connectivity index (χ4v) is 3.69. The molecule has 0 radical (unpaired) electrons. The van der Waals surface area contributed by atoms with Crippen molar-refractivity contribution >= 4 is 23.0 Å². The van der Waals surface area contributed by atoms with Gasteiger partial charge in [-0.2, -0.15) is 0 Å². The first kappa shape index (κ1) is 15.0. The van der Waals surface area contributed by atoms with Crippen molar-refractivity contribution in [3.8, 4) is 11.3 Å². The Labute approximate surface area is 133 Å². The fraction of sp³-hybridized carbons (Fsp3) is 0.375. The minimum Gasteiger partial charge on any atom is -0.477 e. The Balaban J connectivity index is 1.88. The van der Waals surface area contributed by atoms with Crippen LogP contribution in [0.5, 0.6) is 0 Å². The summed E-state index contributed by atoms with van der Waals surface area (Å²) in [6, 6.07) is 7.18. The van der Waals surface area contributed by atoms with Crippen molar-refractivity contribution in [2.75, 3.05) is 18.8 Å². The van der Waals surface area contributed by atoms with Gasteiger partial charge in [-0.25, -0.2) is 9.78 Å². The van der Waals surface area contributed by atoms with Gasteiger partial charge in [0.15, 0.2) is 0 Å². The van der Waals surface area contributed by atoms with E-state index in [0.717, 1.165) is 30.2 Å². The van der Waals surface area contributed by atoms with E-state index < -0.39 is 5.97 Å². The van der Waals surface area contributed by atoms with Gasteiger partial charge in [0.25, 0.3) is 0 Å². The van der Waals surface area contributed by atoms with E-state index in [1.807, 2.05) is 12.1 Å². The first-order valence-electron chi connectivity index (χ1n) is 7.45. The second-order valence-electron chi connectivity index (χ2n) is 5.55. The van der Waals surface area contributed by atoms with E-state index in [2.05, 4.69) is 9.88 Å². The summed E-state index contributed by atoms with van der Waals surface area (Å²) in [4.78, 5) is 18.7. The molecule has 0 spiro atoms. The fourth-order valence-electron chi connectivity index (χ4n) is 2.72. The van der Waals surface area contributed by atoms with Crippen LogP contribution in [-0.4, -0.2) is 34.0 Å². The minimum absolute atomic E-state index is 0.303. The molecule has 0 amide bonds. The van der Waals surface area contributed by atoms with Crippen LogP contribution >= 0.6 is 11.3 Å². The number of rotatable bonds is 4. The lowest BCUT2D eigenvalue weighted by molar-refractivity contribution is 0.0702. The molecule has 0 atom stereocenters. The zero-order valence-corrected chi connectivity index (χ0v) is 13.1. The van der Waals surface area contributed by atoms with Gasteiger partial charge < -0.3 is 10.8 Å². The number of nitrogens with zero attached hydrogens (tertiary/aromatic N) is 2. The van der Waals surface area contributed by atoms with Crippen LogP contribution < -0.4 is 5.73 Å². The molecule has 0 saturated carbocycles. The van der Waals surface area contributed by atoms with E-state index in [4.69, 9.17) is 5.73 Å². The predicted octanol–water partition coefficient (Wildman–Crippen LogP) is 3.08. The summed E-state index contributed by atoms with van der Waals surface area (Å²) in [7, 11) is 0. The summed E-state index contributed by atoms with van der Waals surface area (Å²) in [5, 5.41) is 10.3. The third-order valence-electron chi connectivity index (χ3n) is 3.86. The van der Waals surface area contributed by atoms with E-state index in [9.17, 15) is 9.90 Å². The van der Waals surface area contributed by atoms with E-state index in [1.54, 1.807) is 12.1 Å². The van der Waals surface area contributed by atoms with Gasteiger partial charge in [0.05, 0.1) is 12.2 Å². The molecular weight excluding hydrogens is 298 g/mol. The number of likely N-dealkylation sites (tertiary alicyclic amines) is 1. The maximum Gasteiger partial charge on any atom is 0.348 e. The Morgan fingerprint density at radius 1 is 1.23 bits per heavy atom. The summed E-state index contributed by atoms with van der Waals surface area (Å²) in [5.74, 6) is -0.922. The zero-order valence-electron chi connectivity index (χ0n) is 12.3. The molecule has 0 aliphatic carbocycles. The lowest BCUT2D eigenvalue weighted by Crippen LogP contribution is -2.28. The monoisotopic (exact) mass is 317 g/mol. The molecule has 0 unspecified atom stereocenters. The number of aromatic nitrogens is 1. The molecule has 6 heteroatoms. The highest BCUT2D eigenvalue weighted by Gasteiger charge is 2.20. The Morgan fingerprint density at radius 2 is 1.91 bits per heavy atom. The van der Waals surface area contributed by atoms with Gasteiger partial charge in [0.2, 0.25) is 0 Å². The van der Waals surface area contributed by atoms with Gasteiger partial charge in [-0.3, -0.25) is 4.90 Å². The zero-order chi connectivity index (χ0) is 15.5. The van der Waals surface area contributed by atoms with Crippen molar-refractivity contribution in [3.05, 3.63) is 34.2 Å². The number of nitrogen functional groups attached to an aromatic ring is 1. The maximum atomic E-state index is 11.5. The van der Waals surface area contributed by atoms with Gasteiger partial charge in [0.1, 0.15) is 9.88 Å². The van der Waals surface area contributed by atoms with Gasteiger partial charge in [-0.15, -0.1) is 11.3 Å². The molecule has 0 bridgehead atoms. The third kappa shape index (κ3) is 3.28. The molecule has 1 saturated heterocycles. The Bertz CT molecular complexity index is 661. The summed E-state index contributed by atoms with van der Waals surface area (Å²) in [6.07, 6.45) is 3.70. The molecule has 5 nitrogen and oxygen atoms in total. The molecule has 2 aromatic rings. The molecule has 3 rings (SSSR count). The van der Waals surface area contributed by atoms with Crippen LogP contribution in [0.15, 0.2) is 24.3 Å². The van der Waals surface area contributed by atoms with Gasteiger partial charge >= 0.3 is 5.97 Å². The molecule has 1 aliphatic rings. The lowest BCUT2D eigenvalue weighted by atomic mass is 10.1. The number of benzene rings is 1. The summed E-state index contributed by atoms with van der Waals surface area (Å²) in [6.45, 7) is 2.87. The molecule has 2 heterocycles. The quantitative estimate of drug-likeness (QED) is 0.847. The number of thiazole rings is 1. The molecule has 116 valence electrons. The highest BCUT2D eigenvalue weighted by molar-refractivity contribution is 7.14. The van der Waals surface area contributed by atoms with Crippen LogP contribution in [0.25, 0.3) is 11.3 Å². The number of hydrogen-bond acceptors (Lipinski definition) is 5. The Kier molecular flexibility index (Phi) is 4.40. The highest BCUT2D eigenvalue weighted by Crippen LogP contribution is 2.30. The summed E-state index contributed by atoms with van der Waals surface area (Å²) >= 11 is 1.28. The minimum atomic E-state index is -0.922. The Hall–Kier alpha value is -1.92. The summed E-state index contributed by atoms with van der Waals surface area (Å²) in [5.41, 5.74) is 7.69. The van der Waals surface area contributed by atoms with E-state index in [0.29, 0.717) is 16.3 Å². The molecular formula is C16H19N3O2S. The van der Waals surface area contributed by atoms with Crippen LogP contribution in [0, 0.1) is 0 Å².